The Labute approximate surface area is 135 Å². The lowest BCUT2D eigenvalue weighted by molar-refractivity contribution is -0.111. The molecule has 3 aliphatic rings. The van der Waals surface area contributed by atoms with Crippen molar-refractivity contribution in [2.75, 3.05) is 18.1 Å². The predicted molar refractivity (Wildman–Crippen MR) is 91.7 cm³/mol. The number of hydrogen-bond acceptors (Lipinski definition) is 3. The molecular formula is C18H33NOS. The Morgan fingerprint density at radius 2 is 1.86 bits per heavy atom. The van der Waals surface area contributed by atoms with Crippen molar-refractivity contribution in [1.82, 2.24) is 0 Å². The summed E-state index contributed by atoms with van der Waals surface area (Å²) in [7, 11) is 0. The maximum Gasteiger partial charge on any atom is 0.0701 e. The van der Waals surface area contributed by atoms with Crippen LogP contribution in [0.1, 0.15) is 65.2 Å². The van der Waals surface area contributed by atoms with Gasteiger partial charge in [0.15, 0.2) is 0 Å². The van der Waals surface area contributed by atoms with Crippen molar-refractivity contribution in [2.45, 2.75) is 76.9 Å². The molecule has 0 amide bonds. The summed E-state index contributed by atoms with van der Waals surface area (Å²) in [5, 5.41) is 0. The normalized spacial score (nSPS) is 37.3. The maximum atomic E-state index is 6.83. The van der Waals surface area contributed by atoms with Crippen LogP contribution in [-0.4, -0.2) is 29.8 Å². The molecule has 1 aliphatic carbocycles. The molecule has 0 aromatic heterocycles. The average Bonchev–Trinajstić information content (AvgIpc) is 2.47. The number of ether oxygens (including phenoxy) is 1. The molecule has 0 radical (unpaired) electrons. The topological polar surface area (TPSA) is 35.2 Å². The van der Waals surface area contributed by atoms with Crippen LogP contribution in [-0.2, 0) is 4.74 Å². The van der Waals surface area contributed by atoms with Crippen LogP contribution in [0.15, 0.2) is 0 Å². The second-order valence-corrected chi connectivity index (χ2v) is 9.54. The molecule has 2 N–H and O–H groups in total. The first-order valence-corrected chi connectivity index (χ1v) is 10.2. The van der Waals surface area contributed by atoms with E-state index in [1.54, 1.807) is 0 Å². The first-order valence-electron chi connectivity index (χ1n) is 9.00. The van der Waals surface area contributed by atoms with Crippen molar-refractivity contribution in [1.29, 1.82) is 0 Å². The van der Waals surface area contributed by atoms with E-state index < -0.39 is 0 Å². The Bertz CT molecular complexity index is 346. The molecule has 3 atom stereocenters. The molecule has 0 aromatic carbocycles. The first-order chi connectivity index (χ1) is 10.0. The summed E-state index contributed by atoms with van der Waals surface area (Å²) in [6.45, 7) is 5.84. The second-order valence-electron chi connectivity index (χ2n) is 8.31. The van der Waals surface area contributed by atoms with E-state index in [1.165, 1.54) is 62.9 Å². The van der Waals surface area contributed by atoms with Crippen molar-refractivity contribution in [3.8, 4) is 0 Å². The highest BCUT2D eigenvalue weighted by molar-refractivity contribution is 7.99. The van der Waals surface area contributed by atoms with Crippen LogP contribution in [0.25, 0.3) is 0 Å². The van der Waals surface area contributed by atoms with E-state index in [0.717, 1.165) is 6.61 Å². The van der Waals surface area contributed by atoms with E-state index in [-0.39, 0.29) is 5.60 Å². The van der Waals surface area contributed by atoms with Gasteiger partial charge in [0, 0.05) is 12.6 Å². The Kier molecular flexibility index (Phi) is 4.93. The van der Waals surface area contributed by atoms with Gasteiger partial charge in [-0.2, -0.15) is 11.8 Å². The Morgan fingerprint density at radius 1 is 1.10 bits per heavy atom. The lowest BCUT2D eigenvalue weighted by atomic mass is 9.62. The van der Waals surface area contributed by atoms with Crippen molar-refractivity contribution in [2.24, 2.45) is 23.0 Å². The number of thioether (sulfide) groups is 1. The summed E-state index contributed by atoms with van der Waals surface area (Å²) < 4.78 is 6.26. The zero-order valence-electron chi connectivity index (χ0n) is 13.9. The third kappa shape index (κ3) is 3.45. The summed E-state index contributed by atoms with van der Waals surface area (Å²) in [6.07, 6.45) is 10.4. The fraction of sp³-hybridized carbons (Fsp3) is 1.00. The van der Waals surface area contributed by atoms with Crippen LogP contribution in [0.2, 0.25) is 0 Å². The van der Waals surface area contributed by atoms with E-state index in [2.05, 4.69) is 25.6 Å². The van der Waals surface area contributed by atoms with Crippen LogP contribution in [0.4, 0.5) is 0 Å². The summed E-state index contributed by atoms with van der Waals surface area (Å²) in [5.74, 6) is 3.95. The minimum absolute atomic E-state index is 0.185. The van der Waals surface area contributed by atoms with E-state index >= 15 is 0 Å². The molecule has 3 heteroatoms. The summed E-state index contributed by atoms with van der Waals surface area (Å²) in [6, 6.07) is 0.385. The number of hydrogen-bond donors (Lipinski definition) is 1. The van der Waals surface area contributed by atoms with Gasteiger partial charge in [0.1, 0.15) is 0 Å². The van der Waals surface area contributed by atoms with E-state index in [4.69, 9.17) is 10.5 Å². The zero-order chi connectivity index (χ0) is 14.9. The highest BCUT2D eigenvalue weighted by atomic mass is 32.2. The second kappa shape index (κ2) is 6.41. The lowest BCUT2D eigenvalue weighted by Gasteiger charge is -2.49. The SMILES string of the molecule is CC1(C)CCCCC1C(N)C1CCOC2(CCSCC2)C1. The minimum atomic E-state index is 0.185. The molecule has 3 rings (SSSR count). The molecule has 122 valence electrons. The molecule has 0 bridgehead atoms. The van der Waals surface area contributed by atoms with Gasteiger partial charge in [0.05, 0.1) is 5.60 Å². The molecule has 2 heterocycles. The molecule has 0 aromatic rings. The van der Waals surface area contributed by atoms with Crippen molar-refractivity contribution in [3.63, 3.8) is 0 Å². The van der Waals surface area contributed by atoms with Gasteiger partial charge in [-0.05, 0) is 67.3 Å². The standard InChI is InChI=1S/C18H33NOS/c1-17(2)7-4-3-5-15(17)16(19)14-6-10-20-18(13-14)8-11-21-12-9-18/h14-16H,3-13,19H2,1-2H3. The fourth-order valence-corrected chi connectivity index (χ4v) is 6.29. The molecule has 2 nitrogen and oxygen atoms in total. The van der Waals surface area contributed by atoms with Crippen molar-refractivity contribution >= 4 is 11.8 Å². The lowest BCUT2D eigenvalue weighted by Crippen LogP contribution is -2.52. The minimum Gasteiger partial charge on any atom is -0.375 e. The van der Waals surface area contributed by atoms with Gasteiger partial charge in [-0.1, -0.05) is 26.7 Å². The predicted octanol–water partition coefficient (Wildman–Crippen LogP) is 4.22. The molecular weight excluding hydrogens is 278 g/mol. The fourth-order valence-electron chi connectivity index (χ4n) is 5.05. The van der Waals surface area contributed by atoms with Crippen LogP contribution >= 0.6 is 11.8 Å². The Morgan fingerprint density at radius 3 is 2.57 bits per heavy atom. The van der Waals surface area contributed by atoms with E-state index in [9.17, 15) is 0 Å². The molecule has 3 unspecified atom stereocenters. The van der Waals surface area contributed by atoms with Gasteiger partial charge in [-0.25, -0.2) is 0 Å². The van der Waals surface area contributed by atoms with Gasteiger partial charge < -0.3 is 10.5 Å². The third-order valence-electron chi connectivity index (χ3n) is 6.53. The van der Waals surface area contributed by atoms with Gasteiger partial charge in [-0.15, -0.1) is 0 Å². The van der Waals surface area contributed by atoms with E-state index in [0.29, 0.717) is 23.3 Å². The van der Waals surface area contributed by atoms with Gasteiger partial charge in [0.2, 0.25) is 0 Å². The molecule has 1 saturated carbocycles. The van der Waals surface area contributed by atoms with Crippen LogP contribution in [0.3, 0.4) is 0 Å². The molecule has 2 aliphatic heterocycles. The van der Waals surface area contributed by atoms with E-state index in [1.807, 2.05) is 0 Å². The Hall–Kier alpha value is 0.270. The maximum absolute atomic E-state index is 6.83. The van der Waals surface area contributed by atoms with Gasteiger partial charge in [-0.3, -0.25) is 0 Å². The number of nitrogens with two attached hydrogens (primary N) is 1. The molecule has 21 heavy (non-hydrogen) atoms. The molecule has 2 saturated heterocycles. The van der Waals surface area contributed by atoms with Crippen molar-refractivity contribution < 1.29 is 4.74 Å². The largest absolute Gasteiger partial charge is 0.375 e. The summed E-state index contributed by atoms with van der Waals surface area (Å²) >= 11 is 2.09. The number of rotatable bonds is 2. The molecule has 1 spiro atoms. The quantitative estimate of drug-likeness (QED) is 0.829. The van der Waals surface area contributed by atoms with Crippen molar-refractivity contribution in [3.05, 3.63) is 0 Å². The van der Waals surface area contributed by atoms with Crippen LogP contribution in [0, 0.1) is 17.3 Å². The highest BCUT2D eigenvalue weighted by Crippen LogP contribution is 2.47. The monoisotopic (exact) mass is 311 g/mol. The summed E-state index contributed by atoms with van der Waals surface area (Å²) in [4.78, 5) is 0. The zero-order valence-corrected chi connectivity index (χ0v) is 14.7. The smallest absolute Gasteiger partial charge is 0.0701 e. The Balaban J connectivity index is 1.67. The van der Waals surface area contributed by atoms with Crippen LogP contribution in [0.5, 0.6) is 0 Å². The summed E-state index contributed by atoms with van der Waals surface area (Å²) in [5.41, 5.74) is 7.45. The first kappa shape index (κ1) is 16.1. The van der Waals surface area contributed by atoms with Gasteiger partial charge in [0.25, 0.3) is 0 Å². The molecule has 3 fully saturated rings. The average molecular weight is 312 g/mol. The highest BCUT2D eigenvalue weighted by Gasteiger charge is 2.44. The third-order valence-corrected chi connectivity index (χ3v) is 7.52. The van der Waals surface area contributed by atoms with Gasteiger partial charge >= 0.3 is 0 Å². The van der Waals surface area contributed by atoms with Crippen LogP contribution < -0.4 is 5.73 Å².